The van der Waals surface area contributed by atoms with Gasteiger partial charge >= 0.3 is 0 Å². The van der Waals surface area contributed by atoms with Crippen LogP contribution in [0.25, 0.3) is 120 Å². The molecule has 0 aliphatic heterocycles. The first-order valence-electron chi connectivity index (χ1n) is 29.6. The molecule has 0 fully saturated rings. The summed E-state index contributed by atoms with van der Waals surface area (Å²) < 4.78 is 18.5. The highest BCUT2D eigenvalue weighted by Crippen LogP contribution is 2.48. The maximum Gasteiger partial charge on any atom is 0.159 e. The van der Waals surface area contributed by atoms with E-state index in [-0.39, 0.29) is 11.8 Å². The first-order chi connectivity index (χ1) is 41.9. The van der Waals surface area contributed by atoms with Gasteiger partial charge in [0, 0.05) is 76.6 Å². The number of benzene rings is 13. The van der Waals surface area contributed by atoms with Crippen LogP contribution in [0.3, 0.4) is 0 Å². The van der Waals surface area contributed by atoms with Crippen LogP contribution in [0.15, 0.2) is 276 Å². The molecule has 17 rings (SSSR count). The zero-order chi connectivity index (χ0) is 56.4. The van der Waals surface area contributed by atoms with Crippen molar-refractivity contribution in [1.29, 1.82) is 0 Å². The maximum absolute atomic E-state index is 6.76. The molecule has 0 aliphatic carbocycles. The van der Waals surface area contributed by atoms with Crippen molar-refractivity contribution in [2.45, 2.75) is 39.0 Å². The van der Waals surface area contributed by atoms with Crippen molar-refractivity contribution in [3.8, 4) is 11.4 Å². The van der Waals surface area contributed by atoms with Crippen LogP contribution in [0.1, 0.15) is 46.6 Å². The molecule has 2 unspecified atom stereocenters. The number of hydrogen-bond acceptors (Lipinski definition) is 3. The van der Waals surface area contributed by atoms with E-state index in [4.69, 9.17) is 8.83 Å². The van der Waals surface area contributed by atoms with Crippen molar-refractivity contribution in [2.24, 2.45) is 0 Å². The summed E-state index contributed by atoms with van der Waals surface area (Å²) in [4.78, 5) is 2.35. The summed E-state index contributed by atoms with van der Waals surface area (Å²) in [6, 6.07) is 98.1. The average molecular weight is 1090 g/mol. The van der Waals surface area contributed by atoms with Crippen molar-refractivity contribution >= 4 is 126 Å². The van der Waals surface area contributed by atoms with E-state index in [1.54, 1.807) is 0 Å². The zero-order valence-corrected chi connectivity index (χ0v) is 47.4. The molecule has 404 valence electrons. The molecule has 85 heavy (non-hydrogen) atoms. The topological polar surface area (TPSA) is 39.4 Å². The standard InChI is InChI=1S/C80H57N3O2/c1-49-18-14-20-52(42-49)44-69(68-29-16-28-66-62-26-10-12-32-75(62)84-79(66)68)51(3)53-34-38-60-54(45-53)35-39-64-70-47-74-71(48-73(70)82(77(60)64)56-21-6-4-7-22-56)65-40-36-55-46-59(37-41-61(55)78(65)83(74)57-23-8-5-9-24-57)81(58-25-15-19-50(2)43-58)72-31-17-30-67-63-27-11-13-33-76(63)85-80(67)72/h4-43,45-48,51,69H,44H2,1-3H3. The first-order valence-corrected chi connectivity index (χ1v) is 29.6. The maximum atomic E-state index is 6.76. The lowest BCUT2D eigenvalue weighted by molar-refractivity contribution is 0.562. The molecule has 4 heterocycles. The molecule has 5 nitrogen and oxygen atoms in total. The highest BCUT2D eigenvalue weighted by molar-refractivity contribution is 6.26. The molecule has 0 bridgehead atoms. The first kappa shape index (κ1) is 49.0. The van der Waals surface area contributed by atoms with Crippen molar-refractivity contribution in [2.75, 3.05) is 4.90 Å². The molecule has 0 aliphatic rings. The lowest BCUT2D eigenvalue weighted by atomic mass is 9.78. The summed E-state index contributed by atoms with van der Waals surface area (Å²) in [7, 11) is 0. The van der Waals surface area contributed by atoms with Crippen LogP contribution in [0.5, 0.6) is 0 Å². The fourth-order valence-electron chi connectivity index (χ4n) is 14.3. The SMILES string of the molecule is Cc1cccc(CC(c2cccc3c2oc2ccccc23)C(C)c2ccc3c(ccc4c5cc6c(cc5n(-c5ccccc5)c34)c3ccc4cc(N(c5cccc(C)c5)c5cccc7c5oc5ccccc57)ccc4c3n6-c3ccccc3)c2)c1. The quantitative estimate of drug-likeness (QED) is 0.137. The number of para-hydroxylation sites is 6. The molecule has 0 amide bonds. The monoisotopic (exact) mass is 1090 g/mol. The predicted octanol–water partition coefficient (Wildman–Crippen LogP) is 22.2. The summed E-state index contributed by atoms with van der Waals surface area (Å²) >= 11 is 0. The smallest absolute Gasteiger partial charge is 0.159 e. The third-order valence-corrected chi connectivity index (χ3v) is 18.3. The number of rotatable bonds is 10. The molecule has 17 aromatic rings. The van der Waals surface area contributed by atoms with E-state index < -0.39 is 0 Å². The Morgan fingerprint density at radius 2 is 0.894 bits per heavy atom. The fourth-order valence-corrected chi connectivity index (χ4v) is 14.3. The van der Waals surface area contributed by atoms with Crippen molar-refractivity contribution in [1.82, 2.24) is 9.13 Å². The predicted molar refractivity (Wildman–Crippen MR) is 357 cm³/mol. The number of aryl methyl sites for hydroxylation is 2. The number of aromatic nitrogens is 2. The Morgan fingerprint density at radius 1 is 0.376 bits per heavy atom. The minimum atomic E-state index is 0.150. The van der Waals surface area contributed by atoms with Gasteiger partial charge in [-0.15, -0.1) is 0 Å². The number of furan rings is 2. The van der Waals surface area contributed by atoms with E-state index in [2.05, 4.69) is 296 Å². The number of nitrogens with zero attached hydrogens (tertiary/aromatic N) is 3. The number of fused-ring (bicyclic) bond motifs is 16. The van der Waals surface area contributed by atoms with Crippen LogP contribution in [0.2, 0.25) is 0 Å². The Balaban J connectivity index is 0.848. The van der Waals surface area contributed by atoms with Gasteiger partial charge in [0.05, 0.1) is 27.8 Å². The van der Waals surface area contributed by atoms with Gasteiger partial charge in [-0.05, 0) is 144 Å². The molecule has 0 spiro atoms. The second-order valence-corrected chi connectivity index (χ2v) is 23.4. The van der Waals surface area contributed by atoms with Gasteiger partial charge in [0.15, 0.2) is 5.58 Å². The molecular formula is C80H57N3O2. The van der Waals surface area contributed by atoms with Crippen LogP contribution < -0.4 is 4.90 Å². The lowest BCUT2D eigenvalue weighted by Crippen LogP contribution is -2.12. The summed E-state index contributed by atoms with van der Waals surface area (Å²) in [6.45, 7) is 6.76. The van der Waals surface area contributed by atoms with Crippen LogP contribution >= 0.6 is 0 Å². The van der Waals surface area contributed by atoms with Crippen LogP contribution in [0, 0.1) is 13.8 Å². The average Bonchev–Trinajstić information content (AvgIpc) is 1.65. The van der Waals surface area contributed by atoms with Gasteiger partial charge in [0.1, 0.15) is 16.7 Å². The van der Waals surface area contributed by atoms with Gasteiger partial charge in [-0.3, -0.25) is 0 Å². The molecule has 0 saturated carbocycles. The molecule has 0 N–H and O–H groups in total. The molecule has 5 heteroatoms. The second kappa shape index (κ2) is 19.2. The van der Waals surface area contributed by atoms with Crippen molar-refractivity contribution in [3.05, 3.63) is 295 Å². The Labute approximate surface area is 491 Å². The molecular weight excluding hydrogens is 1030 g/mol. The van der Waals surface area contributed by atoms with Crippen LogP contribution in [-0.4, -0.2) is 9.13 Å². The summed E-state index contributed by atoms with van der Waals surface area (Å²) in [5.74, 6) is 0.316. The van der Waals surface area contributed by atoms with Crippen molar-refractivity contribution < 1.29 is 8.83 Å². The zero-order valence-electron chi connectivity index (χ0n) is 47.4. The third kappa shape index (κ3) is 7.77. The van der Waals surface area contributed by atoms with Gasteiger partial charge in [-0.1, -0.05) is 201 Å². The van der Waals surface area contributed by atoms with E-state index in [0.29, 0.717) is 0 Å². The number of anilines is 3. The number of hydrogen-bond donors (Lipinski definition) is 0. The van der Waals surface area contributed by atoms with Crippen LogP contribution in [0.4, 0.5) is 17.1 Å². The van der Waals surface area contributed by atoms with E-state index in [1.165, 1.54) is 93.0 Å². The Bertz CT molecular complexity index is 5530. The summed E-state index contributed by atoms with van der Waals surface area (Å²) in [6.07, 6.45) is 0.886. The van der Waals surface area contributed by atoms with Gasteiger partial charge in [-0.2, -0.15) is 0 Å². The summed E-state index contributed by atoms with van der Waals surface area (Å²) in [5, 5.41) is 14.2. The molecule has 0 saturated heterocycles. The van der Waals surface area contributed by atoms with Gasteiger partial charge < -0.3 is 22.9 Å². The largest absolute Gasteiger partial charge is 0.456 e. The molecule has 2 atom stereocenters. The minimum Gasteiger partial charge on any atom is -0.456 e. The Kier molecular flexibility index (Phi) is 11.1. The van der Waals surface area contributed by atoms with Gasteiger partial charge in [-0.25, -0.2) is 0 Å². The minimum absolute atomic E-state index is 0.150. The normalized spacial score (nSPS) is 12.8. The molecule has 13 aromatic carbocycles. The van der Waals surface area contributed by atoms with E-state index in [0.717, 1.165) is 78.7 Å². The second-order valence-electron chi connectivity index (χ2n) is 23.4. The fraction of sp³-hybridized carbons (Fsp3) is 0.0750. The van der Waals surface area contributed by atoms with E-state index >= 15 is 0 Å². The Hall–Kier alpha value is -10.6. The van der Waals surface area contributed by atoms with E-state index in [1.807, 2.05) is 6.07 Å². The van der Waals surface area contributed by atoms with Gasteiger partial charge in [0.25, 0.3) is 0 Å². The van der Waals surface area contributed by atoms with Gasteiger partial charge in [0.2, 0.25) is 0 Å². The third-order valence-electron chi connectivity index (χ3n) is 18.3. The van der Waals surface area contributed by atoms with Crippen molar-refractivity contribution in [3.63, 3.8) is 0 Å². The highest BCUT2D eigenvalue weighted by atomic mass is 16.3. The van der Waals surface area contributed by atoms with E-state index in [9.17, 15) is 0 Å². The Morgan fingerprint density at radius 3 is 1.54 bits per heavy atom. The molecule has 0 radical (unpaired) electrons. The summed E-state index contributed by atoms with van der Waals surface area (Å²) in [5.41, 5.74) is 20.1. The molecule has 4 aromatic heterocycles. The van der Waals surface area contributed by atoms with Crippen LogP contribution in [-0.2, 0) is 6.42 Å². The highest BCUT2D eigenvalue weighted by Gasteiger charge is 2.28. The lowest BCUT2D eigenvalue weighted by Gasteiger charge is -2.26.